The highest BCUT2D eigenvalue weighted by molar-refractivity contribution is 6.04. The second kappa shape index (κ2) is 13.1. The van der Waals surface area contributed by atoms with Crippen LogP contribution in [0.25, 0.3) is 0 Å². The fourth-order valence-corrected chi connectivity index (χ4v) is 2.37. The fraction of sp³-hybridized carbons (Fsp3) is 0.238. The summed E-state index contributed by atoms with van der Waals surface area (Å²) in [6.45, 7) is 2.06. The van der Waals surface area contributed by atoms with Crippen LogP contribution in [-0.2, 0) is 9.53 Å². The van der Waals surface area contributed by atoms with Crippen molar-refractivity contribution in [2.45, 2.75) is 25.8 Å². The van der Waals surface area contributed by atoms with Crippen LogP contribution in [-0.4, -0.2) is 41.0 Å². The maximum absolute atomic E-state index is 12.4. The number of hydrogen-bond donors (Lipinski definition) is 5. The first-order valence-corrected chi connectivity index (χ1v) is 8.89. The van der Waals surface area contributed by atoms with Gasteiger partial charge in [-0.25, -0.2) is 0 Å². The molecule has 0 bridgehead atoms. The van der Waals surface area contributed by atoms with Crippen LogP contribution in [0.3, 0.4) is 0 Å². The third-order valence-electron chi connectivity index (χ3n) is 3.80. The van der Waals surface area contributed by atoms with Crippen molar-refractivity contribution >= 4 is 23.9 Å². The minimum atomic E-state index is -0.921. The van der Waals surface area contributed by atoms with Crippen molar-refractivity contribution in [2.75, 3.05) is 11.9 Å². The first kappa shape index (κ1) is 23.9. The molecule has 9 nitrogen and oxygen atoms in total. The number of benzene rings is 1. The number of carboxylic acids is 1. The number of aliphatic hydroxyl groups is 1. The summed E-state index contributed by atoms with van der Waals surface area (Å²) in [6.07, 6.45) is 7.23. The molecule has 0 saturated carbocycles. The molecule has 0 saturated heterocycles. The molecule has 1 aliphatic heterocycles. The summed E-state index contributed by atoms with van der Waals surface area (Å²) in [4.78, 5) is 34.6. The van der Waals surface area contributed by atoms with Crippen LogP contribution in [0.5, 0.6) is 0 Å². The standard InChI is InChI=1S/C19H20N2O5.C2H3NO/c1-13(8-9-18(23)24)21-19(25)15-6-4-7-17(16(15)12-22)20-11-14-5-2-3-10-26-14;3-1-2-4/h2,4-7,10,12-13,20H,8-9,11H2,1H3,(H,21,25)(H,23,24);4H,3H2. The number of aldehydes is 1. The summed E-state index contributed by atoms with van der Waals surface area (Å²) in [6, 6.07) is 6.33. The molecular formula is C21H23N3O6. The van der Waals surface area contributed by atoms with E-state index in [-0.39, 0.29) is 23.6 Å². The molecule has 6 N–H and O–H groups in total. The zero-order valence-electron chi connectivity index (χ0n) is 16.3. The van der Waals surface area contributed by atoms with Crippen LogP contribution in [0, 0.1) is 12.2 Å². The Morgan fingerprint density at radius 3 is 2.70 bits per heavy atom. The fourth-order valence-electron chi connectivity index (χ4n) is 2.37. The Labute approximate surface area is 173 Å². The Bertz CT molecular complexity index is 914. The molecule has 1 unspecified atom stereocenters. The number of aliphatic hydroxyl groups excluding tert-OH is 1. The van der Waals surface area contributed by atoms with E-state index < -0.39 is 11.9 Å². The van der Waals surface area contributed by atoms with Gasteiger partial charge in [0.05, 0.1) is 17.7 Å². The lowest BCUT2D eigenvalue weighted by atomic mass is 10.0. The molecule has 1 aromatic rings. The van der Waals surface area contributed by atoms with Crippen LogP contribution >= 0.6 is 0 Å². The number of allylic oxidation sites excluding steroid dienone is 2. The molecule has 2 rings (SSSR count). The number of carbonyl (C=O) groups excluding carboxylic acids is 2. The second-order valence-electron chi connectivity index (χ2n) is 6.00. The highest BCUT2D eigenvalue weighted by atomic mass is 16.5. The molecule has 158 valence electrons. The van der Waals surface area contributed by atoms with E-state index >= 15 is 0 Å². The average molecular weight is 413 g/mol. The van der Waals surface area contributed by atoms with Gasteiger partial charge in [-0.15, -0.1) is 0 Å². The third-order valence-corrected chi connectivity index (χ3v) is 3.80. The van der Waals surface area contributed by atoms with Gasteiger partial charge in [-0.1, -0.05) is 11.8 Å². The monoisotopic (exact) mass is 413 g/mol. The second-order valence-corrected chi connectivity index (χ2v) is 6.00. The third kappa shape index (κ3) is 8.25. The SMILES string of the molecule is CC(CCC(=O)O)NC(=O)c1cccc(NCC2=CC=C=CO2)c1C=O.NC#CO. The average Bonchev–Trinajstić information content (AvgIpc) is 2.76. The molecule has 1 atom stereocenters. The molecule has 0 fully saturated rings. The summed E-state index contributed by atoms with van der Waals surface area (Å²) in [5, 5.41) is 21.9. The highest BCUT2D eigenvalue weighted by Crippen LogP contribution is 2.19. The Hall–Kier alpha value is -4.15. The van der Waals surface area contributed by atoms with E-state index in [1.165, 1.54) is 12.4 Å². The zero-order chi connectivity index (χ0) is 22.4. The molecule has 0 radical (unpaired) electrons. The van der Waals surface area contributed by atoms with Crippen LogP contribution in [0.1, 0.15) is 40.5 Å². The molecule has 1 aliphatic rings. The Morgan fingerprint density at radius 2 is 2.13 bits per heavy atom. The van der Waals surface area contributed by atoms with E-state index in [0.29, 0.717) is 30.7 Å². The highest BCUT2D eigenvalue weighted by Gasteiger charge is 2.17. The minimum absolute atomic E-state index is 0.0401. The Morgan fingerprint density at radius 1 is 1.40 bits per heavy atom. The zero-order valence-corrected chi connectivity index (χ0v) is 16.3. The van der Waals surface area contributed by atoms with Crippen LogP contribution in [0.2, 0.25) is 0 Å². The Balaban J connectivity index is 0.00000103. The first-order chi connectivity index (χ1) is 14.4. The van der Waals surface area contributed by atoms with Gasteiger partial charge < -0.3 is 31.3 Å². The minimum Gasteiger partial charge on any atom is -0.481 e. The van der Waals surface area contributed by atoms with E-state index in [9.17, 15) is 14.4 Å². The van der Waals surface area contributed by atoms with E-state index in [2.05, 4.69) is 22.1 Å². The topological polar surface area (TPSA) is 151 Å². The van der Waals surface area contributed by atoms with Crippen molar-refractivity contribution in [3.8, 4) is 12.2 Å². The van der Waals surface area contributed by atoms with Gasteiger partial charge in [0.15, 0.2) is 6.29 Å². The van der Waals surface area contributed by atoms with E-state index in [1.54, 1.807) is 43.3 Å². The van der Waals surface area contributed by atoms with Gasteiger partial charge in [0.1, 0.15) is 18.1 Å². The number of anilines is 1. The first-order valence-electron chi connectivity index (χ1n) is 8.89. The molecule has 0 spiro atoms. The van der Waals surface area contributed by atoms with Crippen LogP contribution in [0.15, 0.2) is 48.1 Å². The van der Waals surface area contributed by atoms with Crippen molar-refractivity contribution < 1.29 is 29.3 Å². The molecule has 1 aromatic carbocycles. The van der Waals surface area contributed by atoms with Crippen molar-refractivity contribution in [1.29, 1.82) is 0 Å². The summed E-state index contributed by atoms with van der Waals surface area (Å²) in [5.41, 5.74) is 8.16. The number of rotatable bonds is 9. The van der Waals surface area contributed by atoms with Crippen molar-refractivity contribution in [3.05, 3.63) is 59.2 Å². The lowest BCUT2D eigenvalue weighted by molar-refractivity contribution is -0.137. The van der Waals surface area contributed by atoms with Gasteiger partial charge in [0.2, 0.25) is 0 Å². The number of hydrogen-bond acceptors (Lipinski definition) is 7. The summed E-state index contributed by atoms with van der Waals surface area (Å²) < 4.78 is 5.27. The predicted molar refractivity (Wildman–Crippen MR) is 110 cm³/mol. The molecule has 0 aromatic heterocycles. The molecular weight excluding hydrogens is 390 g/mol. The van der Waals surface area contributed by atoms with Gasteiger partial charge in [-0.05, 0) is 37.6 Å². The molecule has 1 amide bonds. The maximum atomic E-state index is 12.4. The van der Waals surface area contributed by atoms with E-state index in [4.69, 9.17) is 14.9 Å². The maximum Gasteiger partial charge on any atom is 0.303 e. The lowest BCUT2D eigenvalue weighted by Crippen LogP contribution is -2.33. The number of carboxylic acid groups (broad SMARTS) is 1. The van der Waals surface area contributed by atoms with E-state index in [0.717, 1.165) is 0 Å². The largest absolute Gasteiger partial charge is 0.481 e. The molecule has 1 heterocycles. The van der Waals surface area contributed by atoms with Crippen molar-refractivity contribution in [1.82, 2.24) is 5.32 Å². The number of amides is 1. The Kier molecular flexibility index (Phi) is 10.4. The molecule has 0 aliphatic carbocycles. The molecule has 30 heavy (non-hydrogen) atoms. The van der Waals surface area contributed by atoms with Crippen molar-refractivity contribution in [2.24, 2.45) is 5.73 Å². The number of ether oxygens (including phenoxy) is 1. The molecule has 9 heteroatoms. The lowest BCUT2D eigenvalue weighted by Gasteiger charge is -2.16. The summed E-state index contributed by atoms with van der Waals surface area (Å²) in [7, 11) is 0. The number of nitrogens with two attached hydrogens (primary N) is 1. The number of carbonyl (C=O) groups is 3. The van der Waals surface area contributed by atoms with Crippen molar-refractivity contribution in [3.63, 3.8) is 0 Å². The smallest absolute Gasteiger partial charge is 0.303 e. The quantitative estimate of drug-likeness (QED) is 0.178. The normalized spacial score (nSPS) is 12.0. The number of aliphatic carboxylic acids is 1. The van der Waals surface area contributed by atoms with Gasteiger partial charge in [-0.2, -0.15) is 0 Å². The summed E-state index contributed by atoms with van der Waals surface area (Å²) >= 11 is 0. The van der Waals surface area contributed by atoms with Gasteiger partial charge in [0.25, 0.3) is 5.91 Å². The number of nitrogens with one attached hydrogen (secondary N) is 2. The van der Waals surface area contributed by atoms with E-state index in [1.807, 2.05) is 0 Å². The van der Waals surface area contributed by atoms with Crippen LogP contribution < -0.4 is 16.4 Å². The predicted octanol–water partition coefficient (Wildman–Crippen LogP) is 1.71. The van der Waals surface area contributed by atoms with Gasteiger partial charge >= 0.3 is 5.97 Å². The van der Waals surface area contributed by atoms with Gasteiger partial charge in [0, 0.05) is 24.2 Å². The van der Waals surface area contributed by atoms with Crippen LogP contribution in [0.4, 0.5) is 5.69 Å². The van der Waals surface area contributed by atoms with Gasteiger partial charge in [-0.3, -0.25) is 14.4 Å². The summed E-state index contributed by atoms with van der Waals surface area (Å²) in [5.74, 6) is -0.694.